The third-order valence-electron chi connectivity index (χ3n) is 2.98. The van der Waals surface area contributed by atoms with Crippen LogP contribution < -0.4 is 10.6 Å². The van der Waals surface area contributed by atoms with E-state index in [2.05, 4.69) is 10.6 Å². The van der Waals surface area contributed by atoms with E-state index in [0.717, 1.165) is 6.26 Å². The first kappa shape index (κ1) is 17.3. The van der Waals surface area contributed by atoms with Crippen molar-refractivity contribution in [1.29, 1.82) is 0 Å². The fraction of sp³-hybridized carbons (Fsp3) is 0.312. The largest absolute Gasteiger partial charge is 0.493 e. The Morgan fingerprint density at radius 3 is 2.25 bits per heavy atom. The summed E-state index contributed by atoms with van der Waals surface area (Å²) in [5.41, 5.74) is 1.12. The number of amides is 2. The molecule has 0 radical (unpaired) electrons. The van der Waals surface area contributed by atoms with Crippen LogP contribution >= 0.6 is 0 Å². The number of anilines is 2. The van der Waals surface area contributed by atoms with Gasteiger partial charge in [0.05, 0.1) is 0 Å². The van der Waals surface area contributed by atoms with E-state index in [-0.39, 0.29) is 18.3 Å². The lowest BCUT2D eigenvalue weighted by Gasteiger charge is -2.17. The van der Waals surface area contributed by atoms with Gasteiger partial charge in [0, 0.05) is 18.3 Å². The minimum Gasteiger partial charge on any atom is -0.493 e. The van der Waals surface area contributed by atoms with Crippen molar-refractivity contribution in [3.05, 3.63) is 36.3 Å². The van der Waals surface area contributed by atoms with Gasteiger partial charge in [-0.05, 0) is 31.2 Å². The molecule has 1 unspecified atom stereocenters. The first-order valence-corrected chi connectivity index (χ1v) is 7.30. The highest BCUT2D eigenvalue weighted by Crippen LogP contribution is 2.14. The molecule has 0 saturated heterocycles. The van der Waals surface area contributed by atoms with E-state index in [1.54, 1.807) is 24.3 Å². The van der Waals surface area contributed by atoms with Crippen molar-refractivity contribution >= 4 is 29.2 Å². The highest BCUT2D eigenvalue weighted by molar-refractivity contribution is 5.97. The zero-order chi connectivity index (χ0) is 17.5. The van der Waals surface area contributed by atoms with E-state index in [9.17, 15) is 14.4 Å². The second-order valence-corrected chi connectivity index (χ2v) is 5.00. The fourth-order valence-electron chi connectivity index (χ4n) is 1.83. The van der Waals surface area contributed by atoms with E-state index >= 15 is 0 Å². The van der Waals surface area contributed by atoms with E-state index in [1.165, 1.54) is 13.8 Å². The number of ether oxygens (including phenoxy) is 3. The van der Waals surface area contributed by atoms with Crippen LogP contribution in [0, 0.1) is 0 Å². The van der Waals surface area contributed by atoms with Crippen molar-refractivity contribution in [2.24, 2.45) is 0 Å². The highest BCUT2D eigenvalue weighted by atomic mass is 16.6. The lowest BCUT2D eigenvalue weighted by atomic mass is 10.2. The molecule has 0 aliphatic carbocycles. The Labute approximate surface area is 138 Å². The Kier molecular flexibility index (Phi) is 5.78. The summed E-state index contributed by atoms with van der Waals surface area (Å²) >= 11 is 0. The van der Waals surface area contributed by atoms with Crippen LogP contribution in [0.25, 0.3) is 0 Å². The molecular weight excluding hydrogens is 316 g/mol. The van der Waals surface area contributed by atoms with E-state index < -0.39 is 18.0 Å². The molecule has 1 aromatic rings. The van der Waals surface area contributed by atoms with Gasteiger partial charge in [0.25, 0.3) is 5.91 Å². The quantitative estimate of drug-likeness (QED) is 0.789. The van der Waals surface area contributed by atoms with Gasteiger partial charge in [0.15, 0.2) is 6.10 Å². The summed E-state index contributed by atoms with van der Waals surface area (Å²) in [6, 6.07) is 6.54. The zero-order valence-electron chi connectivity index (χ0n) is 13.3. The number of rotatable bonds is 5. The first-order chi connectivity index (χ1) is 11.5. The minimum absolute atomic E-state index is 0.0689. The Morgan fingerprint density at radius 2 is 1.71 bits per heavy atom. The number of carbonyl (C=O) groups excluding carboxylic acids is 3. The summed E-state index contributed by atoms with van der Waals surface area (Å²) < 4.78 is 15.1. The molecule has 0 fully saturated rings. The Hall–Kier alpha value is -3.03. The van der Waals surface area contributed by atoms with Gasteiger partial charge < -0.3 is 24.8 Å². The SMILES string of the molecule is CC(=O)Nc1ccc(NC(=O)C(C)OC(=O)C2=COCCO2)cc1. The molecule has 0 spiro atoms. The van der Waals surface area contributed by atoms with Crippen molar-refractivity contribution in [3.63, 3.8) is 0 Å². The second kappa shape index (κ2) is 8.00. The molecule has 1 aliphatic rings. The topological polar surface area (TPSA) is 103 Å². The zero-order valence-corrected chi connectivity index (χ0v) is 13.3. The maximum Gasteiger partial charge on any atom is 0.377 e. The lowest BCUT2D eigenvalue weighted by molar-refractivity contribution is -0.153. The summed E-state index contributed by atoms with van der Waals surface area (Å²) in [6.07, 6.45) is 0.149. The molecule has 1 aliphatic heterocycles. The van der Waals surface area contributed by atoms with Crippen LogP contribution in [-0.2, 0) is 28.6 Å². The predicted molar refractivity (Wildman–Crippen MR) is 84.9 cm³/mol. The van der Waals surface area contributed by atoms with Gasteiger partial charge in [-0.25, -0.2) is 4.79 Å². The fourth-order valence-corrected chi connectivity index (χ4v) is 1.83. The minimum atomic E-state index is -1.01. The number of esters is 1. The van der Waals surface area contributed by atoms with Crippen molar-refractivity contribution in [2.75, 3.05) is 23.8 Å². The van der Waals surface area contributed by atoms with Crippen LogP contribution in [0.2, 0.25) is 0 Å². The van der Waals surface area contributed by atoms with Crippen LogP contribution in [0.15, 0.2) is 36.3 Å². The van der Waals surface area contributed by atoms with Gasteiger partial charge in [0.2, 0.25) is 11.7 Å². The average Bonchev–Trinajstić information content (AvgIpc) is 2.56. The molecule has 1 atom stereocenters. The number of hydrogen-bond acceptors (Lipinski definition) is 6. The number of carbonyl (C=O) groups is 3. The normalized spacial score (nSPS) is 14.3. The number of hydrogen-bond donors (Lipinski definition) is 2. The highest BCUT2D eigenvalue weighted by Gasteiger charge is 2.23. The molecule has 0 saturated carbocycles. The van der Waals surface area contributed by atoms with E-state index in [4.69, 9.17) is 14.2 Å². The molecule has 128 valence electrons. The smallest absolute Gasteiger partial charge is 0.377 e. The third kappa shape index (κ3) is 5.01. The molecular formula is C16H18N2O6. The molecule has 24 heavy (non-hydrogen) atoms. The summed E-state index contributed by atoms with van der Waals surface area (Å²) in [5, 5.41) is 5.23. The Bertz CT molecular complexity index is 653. The molecule has 2 rings (SSSR count). The van der Waals surface area contributed by atoms with Crippen molar-refractivity contribution in [2.45, 2.75) is 20.0 Å². The summed E-state index contributed by atoms with van der Waals surface area (Å²) in [4.78, 5) is 34.8. The first-order valence-electron chi connectivity index (χ1n) is 7.30. The van der Waals surface area contributed by atoms with Crippen LogP contribution in [0.4, 0.5) is 11.4 Å². The summed E-state index contributed by atoms with van der Waals surface area (Å²) in [5.74, 6) is -1.51. The second-order valence-electron chi connectivity index (χ2n) is 5.00. The molecule has 8 nitrogen and oxygen atoms in total. The maximum atomic E-state index is 12.0. The van der Waals surface area contributed by atoms with E-state index in [1.807, 2.05) is 0 Å². The molecule has 8 heteroatoms. The van der Waals surface area contributed by atoms with Crippen molar-refractivity contribution < 1.29 is 28.6 Å². The molecule has 0 bridgehead atoms. The van der Waals surface area contributed by atoms with Gasteiger partial charge in [0.1, 0.15) is 19.5 Å². The maximum absolute atomic E-state index is 12.0. The van der Waals surface area contributed by atoms with Crippen LogP contribution in [-0.4, -0.2) is 37.1 Å². The predicted octanol–water partition coefficient (Wildman–Crippen LogP) is 1.40. The third-order valence-corrected chi connectivity index (χ3v) is 2.98. The van der Waals surface area contributed by atoms with Gasteiger partial charge in [-0.2, -0.15) is 0 Å². The number of nitrogens with one attached hydrogen (secondary N) is 2. The van der Waals surface area contributed by atoms with Crippen LogP contribution in [0.5, 0.6) is 0 Å². The molecule has 2 amide bonds. The van der Waals surface area contributed by atoms with Gasteiger partial charge in [-0.1, -0.05) is 0 Å². The average molecular weight is 334 g/mol. The molecule has 0 aromatic heterocycles. The van der Waals surface area contributed by atoms with Crippen LogP contribution in [0.3, 0.4) is 0 Å². The Morgan fingerprint density at radius 1 is 1.08 bits per heavy atom. The van der Waals surface area contributed by atoms with Gasteiger partial charge in [-0.15, -0.1) is 0 Å². The number of benzene rings is 1. The van der Waals surface area contributed by atoms with Crippen molar-refractivity contribution in [1.82, 2.24) is 0 Å². The molecule has 1 heterocycles. The summed E-state index contributed by atoms with van der Waals surface area (Å²) in [6.45, 7) is 3.47. The molecule has 1 aromatic carbocycles. The van der Waals surface area contributed by atoms with Crippen LogP contribution in [0.1, 0.15) is 13.8 Å². The standard InChI is InChI=1S/C16H18N2O6/c1-10(24-16(21)14-9-22-7-8-23-14)15(20)18-13-5-3-12(4-6-13)17-11(2)19/h3-6,9-10H,7-8H2,1-2H3,(H,17,19)(H,18,20). The van der Waals surface area contributed by atoms with Gasteiger partial charge >= 0.3 is 5.97 Å². The summed E-state index contributed by atoms with van der Waals surface area (Å²) in [7, 11) is 0. The molecule has 2 N–H and O–H groups in total. The van der Waals surface area contributed by atoms with Crippen molar-refractivity contribution in [3.8, 4) is 0 Å². The van der Waals surface area contributed by atoms with Gasteiger partial charge in [-0.3, -0.25) is 9.59 Å². The Balaban J connectivity index is 1.87. The monoisotopic (exact) mass is 334 g/mol. The van der Waals surface area contributed by atoms with E-state index in [0.29, 0.717) is 18.0 Å². The lowest BCUT2D eigenvalue weighted by Crippen LogP contribution is -2.31.